The number of imidazole rings is 1. The van der Waals surface area contributed by atoms with Crippen LogP contribution >= 0.6 is 0 Å². The number of fused-ring (bicyclic) bond motifs is 1. The molecule has 0 spiro atoms. The Bertz CT molecular complexity index is 1960. The lowest BCUT2D eigenvalue weighted by Gasteiger charge is -2.34. The molecule has 0 radical (unpaired) electrons. The van der Waals surface area contributed by atoms with E-state index >= 15 is 0 Å². The van der Waals surface area contributed by atoms with Crippen molar-refractivity contribution in [3.05, 3.63) is 103 Å². The van der Waals surface area contributed by atoms with Crippen LogP contribution in [0.5, 0.6) is 0 Å². The van der Waals surface area contributed by atoms with Gasteiger partial charge in [-0.2, -0.15) is 0 Å². The molecule has 14 nitrogen and oxygen atoms in total. The highest BCUT2D eigenvalue weighted by atomic mass is 16.3. The molecule has 4 amide bonds. The summed E-state index contributed by atoms with van der Waals surface area (Å²) >= 11 is 0. The average molecular weight is 706 g/mol. The number of furan rings is 1. The van der Waals surface area contributed by atoms with Gasteiger partial charge in [0.05, 0.1) is 12.6 Å². The van der Waals surface area contributed by atoms with Crippen LogP contribution in [-0.2, 0) is 22.7 Å². The van der Waals surface area contributed by atoms with E-state index in [1.165, 1.54) is 29.9 Å². The van der Waals surface area contributed by atoms with Crippen molar-refractivity contribution >= 4 is 46.3 Å². The van der Waals surface area contributed by atoms with Gasteiger partial charge in [-0.15, -0.1) is 0 Å². The van der Waals surface area contributed by atoms with Gasteiger partial charge in [0.2, 0.25) is 11.8 Å². The number of benzene rings is 2. The number of hydrogen-bond donors (Lipinski definition) is 4. The van der Waals surface area contributed by atoms with Gasteiger partial charge in [-0.05, 0) is 80.6 Å². The Hall–Kier alpha value is -5.89. The van der Waals surface area contributed by atoms with Crippen LogP contribution in [0.3, 0.4) is 0 Å². The van der Waals surface area contributed by atoms with Crippen molar-refractivity contribution < 1.29 is 23.6 Å². The molecule has 1 atom stereocenters. The van der Waals surface area contributed by atoms with Crippen molar-refractivity contribution in [1.82, 2.24) is 29.7 Å². The molecule has 1 aliphatic rings. The molecule has 1 fully saturated rings. The van der Waals surface area contributed by atoms with E-state index in [0.717, 1.165) is 31.2 Å². The topological polar surface area (TPSA) is 190 Å². The second-order valence-electron chi connectivity index (χ2n) is 12.9. The second kappa shape index (κ2) is 17.4. The number of nitrogens with zero attached hydrogens (tertiary/aromatic N) is 5. The van der Waals surface area contributed by atoms with E-state index in [1.54, 1.807) is 48.5 Å². The number of rotatable bonds is 15. The lowest BCUT2D eigenvalue weighted by molar-refractivity contribution is -0.127. The van der Waals surface area contributed by atoms with Crippen molar-refractivity contribution in [2.45, 2.75) is 76.5 Å². The van der Waals surface area contributed by atoms with E-state index in [1.807, 2.05) is 23.1 Å². The number of anilines is 2. The van der Waals surface area contributed by atoms with E-state index in [-0.39, 0.29) is 36.1 Å². The van der Waals surface area contributed by atoms with Crippen molar-refractivity contribution in [1.29, 1.82) is 0 Å². The van der Waals surface area contributed by atoms with E-state index in [4.69, 9.17) is 10.2 Å². The Morgan fingerprint density at radius 3 is 2.42 bits per heavy atom. The van der Waals surface area contributed by atoms with Crippen LogP contribution in [0.25, 0.3) is 11.2 Å². The first-order chi connectivity index (χ1) is 25.4. The van der Waals surface area contributed by atoms with Gasteiger partial charge in [0.1, 0.15) is 18.9 Å². The fraction of sp³-hybridized carbons (Fsp3) is 0.342. The largest absolute Gasteiger partial charge is 0.459 e. The van der Waals surface area contributed by atoms with Gasteiger partial charge in [0, 0.05) is 23.8 Å². The molecule has 2 aromatic carbocycles. The zero-order valence-corrected chi connectivity index (χ0v) is 28.9. The molecular formula is C38H43N9O5. The molecule has 0 unspecified atom stereocenters. The summed E-state index contributed by atoms with van der Waals surface area (Å²) in [6.07, 6.45) is 11.2. The molecule has 5 aromatic rings. The normalized spacial score (nSPS) is 13.7. The van der Waals surface area contributed by atoms with Gasteiger partial charge in [-0.1, -0.05) is 49.6 Å². The summed E-state index contributed by atoms with van der Waals surface area (Å²) in [5, 5.41) is 8.55. The summed E-state index contributed by atoms with van der Waals surface area (Å²) in [5.74, 6) is -0.719. The Morgan fingerprint density at radius 2 is 1.69 bits per heavy atom. The smallest absolute Gasteiger partial charge is 0.290 e. The molecule has 5 N–H and O–H groups in total. The predicted octanol–water partition coefficient (Wildman–Crippen LogP) is 4.90. The summed E-state index contributed by atoms with van der Waals surface area (Å²) in [6, 6.07) is 18.8. The fourth-order valence-corrected chi connectivity index (χ4v) is 6.43. The third-order valence-corrected chi connectivity index (χ3v) is 9.16. The maximum atomic E-state index is 13.5. The van der Waals surface area contributed by atoms with Crippen LogP contribution in [0.2, 0.25) is 0 Å². The minimum atomic E-state index is -0.823. The van der Waals surface area contributed by atoms with Crippen molar-refractivity contribution in [3.8, 4) is 0 Å². The van der Waals surface area contributed by atoms with Crippen molar-refractivity contribution in [3.63, 3.8) is 0 Å². The first-order valence-corrected chi connectivity index (χ1v) is 17.7. The zero-order valence-electron chi connectivity index (χ0n) is 28.9. The lowest BCUT2D eigenvalue weighted by Crippen LogP contribution is -2.45. The Labute approximate surface area is 301 Å². The summed E-state index contributed by atoms with van der Waals surface area (Å²) < 4.78 is 6.97. The first kappa shape index (κ1) is 35.9. The molecule has 0 saturated heterocycles. The molecule has 14 heteroatoms. The van der Waals surface area contributed by atoms with Gasteiger partial charge in [-0.3, -0.25) is 19.2 Å². The van der Waals surface area contributed by atoms with E-state index < -0.39 is 11.9 Å². The molecule has 0 bridgehead atoms. The highest BCUT2D eigenvalue weighted by Crippen LogP contribution is 2.26. The highest BCUT2D eigenvalue weighted by molar-refractivity contribution is 6.06. The number of carbonyl (C=O) groups is 4. The van der Waals surface area contributed by atoms with E-state index in [0.29, 0.717) is 60.5 Å². The van der Waals surface area contributed by atoms with Gasteiger partial charge in [0.15, 0.2) is 22.7 Å². The van der Waals surface area contributed by atoms with Gasteiger partial charge in [0.25, 0.3) is 11.8 Å². The molecule has 3 heterocycles. The first-order valence-electron chi connectivity index (χ1n) is 17.7. The number of carbonyl (C=O) groups excluding carboxylic acids is 4. The highest BCUT2D eigenvalue weighted by Gasteiger charge is 2.28. The molecule has 0 aliphatic heterocycles. The SMILES string of the molecule is NCCCC[C@H](NC(=O)Cn1cnc2c(NC(=O)c3ccccc3)ncnc21)C(=O)Nc1ccc(CN(C(=O)c2ccco2)C2CCCCC2)cc1. The molecule has 52 heavy (non-hydrogen) atoms. The average Bonchev–Trinajstić information content (AvgIpc) is 3.86. The van der Waals surface area contributed by atoms with Crippen LogP contribution < -0.4 is 21.7 Å². The van der Waals surface area contributed by atoms with Crippen molar-refractivity contribution in [2.75, 3.05) is 17.2 Å². The lowest BCUT2D eigenvalue weighted by atomic mass is 9.93. The van der Waals surface area contributed by atoms with Gasteiger partial charge >= 0.3 is 0 Å². The van der Waals surface area contributed by atoms with Gasteiger partial charge in [-0.25, -0.2) is 15.0 Å². The van der Waals surface area contributed by atoms with Crippen LogP contribution in [0.1, 0.15) is 77.8 Å². The Morgan fingerprint density at radius 1 is 0.904 bits per heavy atom. The number of amides is 4. The minimum Gasteiger partial charge on any atom is -0.459 e. The van der Waals surface area contributed by atoms with Crippen molar-refractivity contribution in [2.24, 2.45) is 5.73 Å². The van der Waals surface area contributed by atoms with Crippen LogP contribution in [0, 0.1) is 0 Å². The number of nitrogens with one attached hydrogen (secondary N) is 3. The predicted molar refractivity (Wildman–Crippen MR) is 195 cm³/mol. The summed E-state index contributed by atoms with van der Waals surface area (Å²) in [4.78, 5) is 67.6. The molecular weight excluding hydrogens is 662 g/mol. The number of aromatic nitrogens is 4. The standard InChI is InChI=1S/C38H43N9O5/c39-20-8-7-14-30(44-32(48)23-46-25-42-33-34(40-24-41-35(33)46)45-36(49)27-10-3-1-4-11-27)37(50)43-28-18-16-26(17-19-28)22-47(29-12-5-2-6-13-29)38(51)31-15-9-21-52-31/h1,3-4,9-11,15-19,21,24-25,29-30H,2,5-8,12-14,20,22-23,39H2,(H,43,50)(H,44,48)(H,40,41,45,49)/t30-/m0/s1. The number of nitrogens with two attached hydrogens (primary N) is 1. The maximum Gasteiger partial charge on any atom is 0.290 e. The van der Waals surface area contributed by atoms with Crippen LogP contribution in [-0.4, -0.2) is 66.7 Å². The van der Waals surface area contributed by atoms with E-state index in [9.17, 15) is 19.2 Å². The third kappa shape index (κ3) is 9.06. The van der Waals surface area contributed by atoms with Crippen LogP contribution in [0.15, 0.2) is 90.1 Å². The van der Waals surface area contributed by atoms with E-state index in [2.05, 4.69) is 30.9 Å². The molecule has 1 aliphatic carbocycles. The molecule has 3 aromatic heterocycles. The number of unbranched alkanes of at least 4 members (excludes halogenated alkanes) is 1. The molecule has 270 valence electrons. The van der Waals surface area contributed by atoms with Gasteiger partial charge < -0.3 is 35.6 Å². The third-order valence-electron chi connectivity index (χ3n) is 9.16. The summed E-state index contributed by atoms with van der Waals surface area (Å²) in [7, 11) is 0. The zero-order chi connectivity index (χ0) is 36.3. The monoisotopic (exact) mass is 705 g/mol. The maximum absolute atomic E-state index is 13.5. The summed E-state index contributed by atoms with van der Waals surface area (Å²) in [5.41, 5.74) is 8.34. The van der Waals surface area contributed by atoms with Crippen LogP contribution in [0.4, 0.5) is 11.5 Å². The Kier molecular flexibility index (Phi) is 12.0. The number of hydrogen-bond acceptors (Lipinski definition) is 9. The fourth-order valence-electron chi connectivity index (χ4n) is 6.43. The molecule has 1 saturated carbocycles. The summed E-state index contributed by atoms with van der Waals surface area (Å²) in [6.45, 7) is 0.724. The Balaban J connectivity index is 1.09. The minimum absolute atomic E-state index is 0.128. The quantitative estimate of drug-likeness (QED) is 0.110. The second-order valence-corrected chi connectivity index (χ2v) is 12.9. The molecule has 6 rings (SSSR count).